The first-order valence-electron chi connectivity index (χ1n) is 5.72. The van der Waals surface area contributed by atoms with E-state index in [9.17, 15) is 8.42 Å². The Morgan fingerprint density at radius 2 is 2.00 bits per heavy atom. The highest BCUT2D eigenvalue weighted by Crippen LogP contribution is 2.21. The van der Waals surface area contributed by atoms with Gasteiger partial charge >= 0.3 is 0 Å². The molecular weight excluding hydrogens is 316 g/mol. The minimum Gasteiger partial charge on any atom is -0.267 e. The zero-order valence-corrected chi connectivity index (χ0v) is 13.5. The molecule has 0 saturated carbocycles. The van der Waals surface area contributed by atoms with Gasteiger partial charge in [-0.3, -0.25) is 4.72 Å². The Bertz CT molecular complexity index is 521. The van der Waals surface area contributed by atoms with Gasteiger partial charge in [0.25, 0.3) is 0 Å². The van der Waals surface area contributed by atoms with Gasteiger partial charge in [-0.2, -0.15) is 0 Å². The van der Waals surface area contributed by atoms with Crippen LogP contribution in [0.2, 0.25) is 0 Å². The summed E-state index contributed by atoms with van der Waals surface area (Å²) in [5, 5.41) is 0. The van der Waals surface area contributed by atoms with E-state index < -0.39 is 10.0 Å². The van der Waals surface area contributed by atoms with Crippen molar-refractivity contribution in [2.24, 2.45) is 5.41 Å². The SMILES string of the molecule is Cc1cc(NS(=O)(=O)CCC(C)(C)C)ncc1Br. The van der Waals surface area contributed by atoms with Gasteiger partial charge in [-0.25, -0.2) is 13.4 Å². The van der Waals surface area contributed by atoms with E-state index in [4.69, 9.17) is 0 Å². The van der Waals surface area contributed by atoms with Gasteiger partial charge in [0.15, 0.2) is 0 Å². The highest BCUT2D eigenvalue weighted by Gasteiger charge is 2.17. The van der Waals surface area contributed by atoms with Crippen LogP contribution in [0, 0.1) is 12.3 Å². The molecule has 1 aromatic heterocycles. The minimum absolute atomic E-state index is 0.00217. The summed E-state index contributed by atoms with van der Waals surface area (Å²) in [6.07, 6.45) is 2.20. The molecule has 0 bridgehead atoms. The summed E-state index contributed by atoms with van der Waals surface area (Å²) < 4.78 is 27.1. The molecule has 4 nitrogen and oxygen atoms in total. The molecule has 0 fully saturated rings. The molecular formula is C12H19BrN2O2S. The van der Waals surface area contributed by atoms with Crippen molar-refractivity contribution in [1.29, 1.82) is 0 Å². The average Bonchev–Trinajstić information content (AvgIpc) is 2.20. The topological polar surface area (TPSA) is 59.1 Å². The second kappa shape index (κ2) is 5.57. The molecule has 0 spiro atoms. The summed E-state index contributed by atoms with van der Waals surface area (Å²) in [5.41, 5.74) is 0.941. The molecule has 6 heteroatoms. The van der Waals surface area contributed by atoms with E-state index in [0.29, 0.717) is 12.2 Å². The van der Waals surface area contributed by atoms with E-state index in [0.717, 1.165) is 10.0 Å². The van der Waals surface area contributed by atoms with E-state index in [1.54, 1.807) is 12.3 Å². The standard InChI is InChI=1S/C12H19BrN2O2S/c1-9-7-11(14-8-10(9)13)15-18(16,17)6-5-12(2,3)4/h7-8H,5-6H2,1-4H3,(H,14,15). The summed E-state index contributed by atoms with van der Waals surface area (Å²) in [6.45, 7) is 7.94. The van der Waals surface area contributed by atoms with Crippen molar-refractivity contribution in [1.82, 2.24) is 4.98 Å². The van der Waals surface area contributed by atoms with Gasteiger partial charge in [0.05, 0.1) is 5.75 Å². The summed E-state index contributed by atoms with van der Waals surface area (Å²) in [5.74, 6) is 0.470. The highest BCUT2D eigenvalue weighted by atomic mass is 79.9. The molecule has 102 valence electrons. The number of nitrogens with zero attached hydrogens (tertiary/aromatic N) is 1. The predicted octanol–water partition coefficient (Wildman–Crippen LogP) is 3.33. The van der Waals surface area contributed by atoms with Crippen LogP contribution in [-0.4, -0.2) is 19.2 Å². The quantitative estimate of drug-likeness (QED) is 0.918. The lowest BCUT2D eigenvalue weighted by molar-refractivity contribution is 0.397. The highest BCUT2D eigenvalue weighted by molar-refractivity contribution is 9.10. The lowest BCUT2D eigenvalue weighted by Gasteiger charge is -2.18. The Hall–Kier alpha value is -0.620. The molecule has 1 rings (SSSR count). The van der Waals surface area contributed by atoms with E-state index in [2.05, 4.69) is 25.6 Å². The maximum atomic E-state index is 11.9. The number of halogens is 1. The van der Waals surface area contributed by atoms with Crippen LogP contribution in [0.15, 0.2) is 16.7 Å². The molecule has 0 atom stereocenters. The largest absolute Gasteiger partial charge is 0.267 e. The molecule has 1 N–H and O–H groups in total. The van der Waals surface area contributed by atoms with Gasteiger partial charge in [0.2, 0.25) is 10.0 Å². The van der Waals surface area contributed by atoms with Crippen molar-refractivity contribution in [3.05, 3.63) is 22.3 Å². The number of rotatable bonds is 4. The van der Waals surface area contributed by atoms with Crippen LogP contribution in [0.3, 0.4) is 0 Å². The number of sulfonamides is 1. The smallest absolute Gasteiger partial charge is 0.233 e. The summed E-state index contributed by atoms with van der Waals surface area (Å²) >= 11 is 3.33. The molecule has 0 radical (unpaired) electrons. The van der Waals surface area contributed by atoms with Crippen LogP contribution in [-0.2, 0) is 10.0 Å². The third-order valence-electron chi connectivity index (χ3n) is 2.43. The minimum atomic E-state index is -3.33. The van der Waals surface area contributed by atoms with Crippen molar-refractivity contribution in [2.75, 3.05) is 10.5 Å². The van der Waals surface area contributed by atoms with E-state index in [1.807, 2.05) is 27.7 Å². The van der Waals surface area contributed by atoms with Crippen molar-refractivity contribution in [3.63, 3.8) is 0 Å². The van der Waals surface area contributed by atoms with Crippen LogP contribution >= 0.6 is 15.9 Å². The fourth-order valence-corrected chi connectivity index (χ4v) is 2.88. The van der Waals surface area contributed by atoms with Gasteiger partial charge in [0.1, 0.15) is 5.82 Å². The number of anilines is 1. The van der Waals surface area contributed by atoms with Crippen molar-refractivity contribution in [2.45, 2.75) is 34.1 Å². The van der Waals surface area contributed by atoms with Crippen LogP contribution in [0.25, 0.3) is 0 Å². The van der Waals surface area contributed by atoms with Gasteiger partial charge in [-0.1, -0.05) is 20.8 Å². The Kier molecular flexibility index (Phi) is 4.78. The number of nitrogens with one attached hydrogen (secondary N) is 1. The zero-order valence-electron chi connectivity index (χ0n) is 11.1. The lowest BCUT2D eigenvalue weighted by Crippen LogP contribution is -2.21. The number of aryl methyl sites for hydroxylation is 1. The van der Waals surface area contributed by atoms with Crippen LogP contribution in [0.4, 0.5) is 5.82 Å². The molecule has 0 aromatic carbocycles. The fourth-order valence-electron chi connectivity index (χ4n) is 1.25. The maximum absolute atomic E-state index is 11.9. The monoisotopic (exact) mass is 334 g/mol. The number of aromatic nitrogens is 1. The number of hydrogen-bond acceptors (Lipinski definition) is 3. The molecule has 0 aliphatic heterocycles. The lowest BCUT2D eigenvalue weighted by atomic mass is 9.94. The summed E-state index contributed by atoms with van der Waals surface area (Å²) in [4.78, 5) is 4.03. The van der Waals surface area contributed by atoms with Crippen molar-refractivity contribution in [3.8, 4) is 0 Å². The van der Waals surface area contributed by atoms with Crippen LogP contribution < -0.4 is 4.72 Å². The number of pyridine rings is 1. The first kappa shape index (κ1) is 15.4. The zero-order chi connectivity index (χ0) is 14.0. The van der Waals surface area contributed by atoms with E-state index in [1.165, 1.54) is 0 Å². The van der Waals surface area contributed by atoms with E-state index >= 15 is 0 Å². The van der Waals surface area contributed by atoms with Gasteiger partial charge in [0, 0.05) is 10.7 Å². The molecule has 1 heterocycles. The summed E-state index contributed by atoms with van der Waals surface area (Å²) in [7, 11) is -3.33. The predicted molar refractivity (Wildman–Crippen MR) is 78.2 cm³/mol. The van der Waals surface area contributed by atoms with Gasteiger partial charge in [-0.15, -0.1) is 0 Å². The molecule has 0 unspecified atom stereocenters. The fraction of sp³-hybridized carbons (Fsp3) is 0.583. The van der Waals surface area contributed by atoms with Gasteiger partial charge < -0.3 is 0 Å². The number of hydrogen-bond donors (Lipinski definition) is 1. The first-order chi connectivity index (χ1) is 8.09. The van der Waals surface area contributed by atoms with Crippen molar-refractivity contribution < 1.29 is 8.42 Å². The second-order valence-corrected chi connectivity index (χ2v) is 8.25. The van der Waals surface area contributed by atoms with E-state index in [-0.39, 0.29) is 11.2 Å². The molecule has 0 amide bonds. The molecule has 0 saturated heterocycles. The van der Waals surface area contributed by atoms with Crippen molar-refractivity contribution >= 4 is 31.8 Å². The first-order valence-corrected chi connectivity index (χ1v) is 8.16. The second-order valence-electron chi connectivity index (χ2n) is 5.55. The van der Waals surface area contributed by atoms with Crippen LogP contribution in [0.5, 0.6) is 0 Å². The third kappa shape index (κ3) is 5.35. The Morgan fingerprint density at radius 3 is 2.50 bits per heavy atom. The molecule has 0 aliphatic rings. The molecule has 1 aromatic rings. The average molecular weight is 335 g/mol. The molecule has 18 heavy (non-hydrogen) atoms. The third-order valence-corrected chi connectivity index (χ3v) is 4.52. The summed E-state index contributed by atoms with van der Waals surface area (Å²) in [6, 6.07) is 1.71. The normalized spacial score (nSPS) is 12.5. The Labute approximate surface area is 117 Å². The van der Waals surface area contributed by atoms with Crippen LogP contribution in [0.1, 0.15) is 32.8 Å². The Balaban J connectivity index is 2.74. The Morgan fingerprint density at radius 1 is 1.39 bits per heavy atom. The van der Waals surface area contributed by atoms with Gasteiger partial charge in [-0.05, 0) is 46.3 Å². The maximum Gasteiger partial charge on any atom is 0.233 e. The molecule has 0 aliphatic carbocycles.